The van der Waals surface area contributed by atoms with Crippen molar-refractivity contribution in [3.63, 3.8) is 0 Å². The number of Topliss-reactive ketones (excluding diaryl/α,β-unsaturated/α-hetero) is 2. The Hall–Kier alpha value is -3.82. The summed E-state index contributed by atoms with van der Waals surface area (Å²) in [5, 5.41) is 5.10. The molecule has 194 valence electrons. The van der Waals surface area contributed by atoms with E-state index in [-0.39, 0.29) is 48.7 Å². The summed E-state index contributed by atoms with van der Waals surface area (Å²) in [6, 6.07) is 0.859. The summed E-state index contributed by atoms with van der Waals surface area (Å²) in [4.78, 5) is 74.7. The first kappa shape index (κ1) is 28.4. The van der Waals surface area contributed by atoms with E-state index in [4.69, 9.17) is 9.47 Å². The summed E-state index contributed by atoms with van der Waals surface area (Å²) in [5.74, 6) is -2.92. The highest BCUT2D eigenvalue weighted by Crippen LogP contribution is 2.30. The lowest BCUT2D eigenvalue weighted by atomic mass is 9.81. The van der Waals surface area contributed by atoms with Crippen molar-refractivity contribution in [2.75, 3.05) is 13.2 Å². The maximum absolute atomic E-state index is 13.0. The molecule has 10 heteroatoms. The van der Waals surface area contributed by atoms with E-state index in [2.05, 4.69) is 10.6 Å². The van der Waals surface area contributed by atoms with E-state index >= 15 is 0 Å². The number of nitrogens with one attached hydrogen (secondary N) is 2. The van der Waals surface area contributed by atoms with Gasteiger partial charge in [0.15, 0.2) is 11.6 Å². The number of rotatable bonds is 10. The molecule has 0 saturated heterocycles. The lowest BCUT2D eigenvalue weighted by molar-refractivity contribution is -0.147. The van der Waals surface area contributed by atoms with Crippen molar-refractivity contribution in [3.8, 4) is 0 Å². The molecule has 0 aromatic heterocycles. The number of ketones is 2. The van der Waals surface area contributed by atoms with Crippen molar-refractivity contribution in [3.05, 3.63) is 45.5 Å². The number of hydrogen-bond acceptors (Lipinski definition) is 8. The van der Waals surface area contributed by atoms with E-state index in [1.807, 2.05) is 0 Å². The van der Waals surface area contributed by atoms with Crippen LogP contribution in [0.3, 0.4) is 0 Å². The Kier molecular flexibility index (Phi) is 9.66. The average Bonchev–Trinajstić information content (AvgIpc) is 2.80. The van der Waals surface area contributed by atoms with Crippen LogP contribution in [0.25, 0.3) is 0 Å². The van der Waals surface area contributed by atoms with E-state index in [1.165, 1.54) is 26.0 Å². The molecule has 0 spiro atoms. The first-order valence-corrected chi connectivity index (χ1v) is 11.7. The zero-order chi connectivity index (χ0) is 27.2. The number of esters is 2. The van der Waals surface area contributed by atoms with Crippen molar-refractivity contribution < 1.29 is 38.2 Å². The predicted molar refractivity (Wildman–Crippen MR) is 129 cm³/mol. The van der Waals surface area contributed by atoms with Crippen LogP contribution in [-0.2, 0) is 41.5 Å². The van der Waals surface area contributed by atoms with Crippen molar-refractivity contribution in [1.82, 2.24) is 10.6 Å². The van der Waals surface area contributed by atoms with Crippen LogP contribution in [0.4, 0.5) is 0 Å². The number of carbonyl (C=O) groups excluding carboxylic acids is 6. The molecule has 1 aliphatic carbocycles. The van der Waals surface area contributed by atoms with Gasteiger partial charge < -0.3 is 20.1 Å². The second-order valence-electron chi connectivity index (χ2n) is 8.49. The zero-order valence-electron chi connectivity index (χ0n) is 21.4. The Morgan fingerprint density at radius 3 is 1.33 bits per heavy atom. The van der Waals surface area contributed by atoms with Crippen LogP contribution >= 0.6 is 0 Å². The number of benzene rings is 1. The molecule has 0 heterocycles. The summed E-state index contributed by atoms with van der Waals surface area (Å²) >= 11 is 0. The molecule has 1 aliphatic rings. The molecular formula is C26H32N2O8. The van der Waals surface area contributed by atoms with Crippen molar-refractivity contribution >= 4 is 35.3 Å². The Bertz CT molecular complexity index is 1050. The van der Waals surface area contributed by atoms with Gasteiger partial charge in [-0.15, -0.1) is 0 Å². The number of allylic oxidation sites excluding steroid dienone is 2. The molecule has 0 fully saturated rings. The van der Waals surface area contributed by atoms with Crippen LogP contribution in [0, 0.1) is 0 Å². The average molecular weight is 501 g/mol. The van der Waals surface area contributed by atoms with Gasteiger partial charge in [-0.25, -0.2) is 9.59 Å². The molecule has 0 bridgehead atoms. The fourth-order valence-corrected chi connectivity index (χ4v) is 3.99. The van der Waals surface area contributed by atoms with Gasteiger partial charge in [-0.3, -0.25) is 19.2 Å². The zero-order valence-corrected chi connectivity index (χ0v) is 21.4. The fourth-order valence-electron chi connectivity index (χ4n) is 3.99. The minimum Gasteiger partial charge on any atom is -0.464 e. The summed E-state index contributed by atoms with van der Waals surface area (Å²) in [5.41, 5.74) is 1.84. The van der Waals surface area contributed by atoms with E-state index in [1.54, 1.807) is 27.7 Å². The van der Waals surface area contributed by atoms with E-state index < -0.39 is 35.8 Å². The summed E-state index contributed by atoms with van der Waals surface area (Å²) in [7, 11) is 0. The van der Waals surface area contributed by atoms with Gasteiger partial charge in [0.25, 0.3) is 0 Å². The van der Waals surface area contributed by atoms with Gasteiger partial charge in [0.2, 0.25) is 11.8 Å². The molecule has 2 atom stereocenters. The van der Waals surface area contributed by atoms with Crippen LogP contribution in [0.5, 0.6) is 0 Å². The summed E-state index contributed by atoms with van der Waals surface area (Å²) in [6.07, 6.45) is -0.139. The van der Waals surface area contributed by atoms with Gasteiger partial charge in [-0.05, 0) is 51.0 Å². The third-order valence-corrected chi connectivity index (χ3v) is 5.82. The van der Waals surface area contributed by atoms with E-state index in [0.29, 0.717) is 22.3 Å². The molecule has 10 nitrogen and oxygen atoms in total. The number of amides is 2. The maximum Gasteiger partial charge on any atom is 0.328 e. The van der Waals surface area contributed by atoms with E-state index in [9.17, 15) is 28.8 Å². The molecule has 0 unspecified atom stereocenters. The van der Waals surface area contributed by atoms with Crippen molar-refractivity contribution in [2.24, 2.45) is 0 Å². The topological polar surface area (TPSA) is 145 Å². The van der Waals surface area contributed by atoms with Crippen LogP contribution in [0.2, 0.25) is 0 Å². The summed E-state index contributed by atoms with van der Waals surface area (Å²) in [6.45, 7) is 9.10. The van der Waals surface area contributed by atoms with Crippen LogP contribution in [-0.4, -0.2) is 60.6 Å². The van der Waals surface area contributed by atoms with Gasteiger partial charge in [-0.2, -0.15) is 0 Å². The number of fused-ring (bicyclic) bond motifs is 1. The molecule has 0 aliphatic heterocycles. The standard InChI is InChI=1S/C26H32N2O8/c1-7-35-25(33)21(27-15(5)29)11-17-9-19-20(24(32)14(4)13(3)23(19)31)10-18(17)12-22(28-16(6)30)26(34)36-8-2/h9-10,21-22H,7-8,11-12H2,1-6H3,(H,27,29)(H,28,30)/t21-,22-/m0/s1. The van der Waals surface area contributed by atoms with Crippen LogP contribution < -0.4 is 10.6 Å². The Morgan fingerprint density at radius 2 is 1.06 bits per heavy atom. The Morgan fingerprint density at radius 1 is 0.722 bits per heavy atom. The maximum atomic E-state index is 13.0. The normalized spacial score (nSPS) is 14.5. The monoisotopic (exact) mass is 500 g/mol. The Labute approximate surface area is 209 Å². The SMILES string of the molecule is CCOC(=O)[C@H](Cc1cc2c(cc1C[C@H](NC(C)=O)C(=O)OCC)C(=O)C(C)=C(C)C2=O)NC(C)=O. The molecule has 2 amide bonds. The smallest absolute Gasteiger partial charge is 0.328 e. The largest absolute Gasteiger partial charge is 0.464 e. The van der Waals surface area contributed by atoms with Gasteiger partial charge in [-0.1, -0.05) is 0 Å². The number of hydrogen-bond donors (Lipinski definition) is 2. The first-order chi connectivity index (χ1) is 16.9. The lowest BCUT2D eigenvalue weighted by Crippen LogP contribution is -2.44. The first-order valence-electron chi connectivity index (χ1n) is 11.7. The van der Waals surface area contributed by atoms with Gasteiger partial charge in [0.05, 0.1) is 13.2 Å². The quantitative estimate of drug-likeness (QED) is 0.461. The molecule has 36 heavy (non-hydrogen) atoms. The minimum atomic E-state index is -1.08. The Balaban J connectivity index is 2.66. The van der Waals surface area contributed by atoms with Crippen molar-refractivity contribution in [1.29, 1.82) is 0 Å². The third-order valence-electron chi connectivity index (χ3n) is 5.82. The van der Waals surface area contributed by atoms with E-state index in [0.717, 1.165) is 0 Å². The van der Waals surface area contributed by atoms with Gasteiger partial charge in [0, 0.05) is 49.0 Å². The van der Waals surface area contributed by atoms with Crippen LogP contribution in [0.15, 0.2) is 23.3 Å². The molecule has 0 radical (unpaired) electrons. The predicted octanol–water partition coefficient (Wildman–Crippen LogP) is 1.62. The summed E-state index contributed by atoms with van der Waals surface area (Å²) < 4.78 is 10.2. The van der Waals surface area contributed by atoms with Crippen molar-refractivity contribution in [2.45, 2.75) is 66.5 Å². The molecule has 1 aromatic rings. The highest BCUT2D eigenvalue weighted by molar-refractivity contribution is 6.26. The highest BCUT2D eigenvalue weighted by atomic mass is 16.5. The molecule has 2 N–H and O–H groups in total. The van der Waals surface area contributed by atoms with Crippen LogP contribution in [0.1, 0.15) is 73.4 Å². The minimum absolute atomic E-state index is 0.0696. The molecule has 2 rings (SSSR count). The second kappa shape index (κ2) is 12.2. The van der Waals surface area contributed by atoms with Gasteiger partial charge in [0.1, 0.15) is 12.1 Å². The number of ether oxygens (including phenoxy) is 2. The third kappa shape index (κ3) is 6.65. The second-order valence-corrected chi connectivity index (χ2v) is 8.49. The molecule has 1 aromatic carbocycles. The fraction of sp³-hybridized carbons (Fsp3) is 0.462. The lowest BCUT2D eigenvalue weighted by Gasteiger charge is -2.24. The molecule has 0 saturated carbocycles. The molecular weight excluding hydrogens is 468 g/mol. The van der Waals surface area contributed by atoms with Gasteiger partial charge >= 0.3 is 11.9 Å². The number of carbonyl (C=O) groups is 6. The highest BCUT2D eigenvalue weighted by Gasteiger charge is 2.32.